The molecule has 0 aliphatic rings. The smallest absolute Gasteiger partial charge is 0.319 e. The molecule has 0 atom stereocenters. The van der Waals surface area contributed by atoms with E-state index in [1.54, 1.807) is 18.2 Å². The van der Waals surface area contributed by atoms with Crippen molar-refractivity contribution in [3.05, 3.63) is 27.7 Å². The van der Waals surface area contributed by atoms with Gasteiger partial charge in [0.25, 0.3) is 0 Å². The third-order valence-corrected chi connectivity index (χ3v) is 2.73. The van der Waals surface area contributed by atoms with Gasteiger partial charge in [0.15, 0.2) is 0 Å². The van der Waals surface area contributed by atoms with Gasteiger partial charge in [-0.3, -0.25) is 4.79 Å². The number of carboxylic acids is 1. The Morgan fingerprint density at radius 1 is 1.41 bits per heavy atom. The van der Waals surface area contributed by atoms with Crippen molar-refractivity contribution in [2.45, 2.75) is 6.42 Å². The molecule has 92 valence electrons. The Morgan fingerprint density at radius 3 is 2.76 bits per heavy atom. The van der Waals surface area contributed by atoms with Gasteiger partial charge in [0.2, 0.25) is 0 Å². The summed E-state index contributed by atoms with van der Waals surface area (Å²) in [6, 6.07) is 4.49. The van der Waals surface area contributed by atoms with Crippen molar-refractivity contribution in [2.75, 3.05) is 11.9 Å². The molecule has 0 fully saturated rings. The van der Waals surface area contributed by atoms with Gasteiger partial charge in [0.1, 0.15) is 0 Å². The van der Waals surface area contributed by atoms with Crippen LogP contribution in [0.25, 0.3) is 0 Å². The van der Waals surface area contributed by atoms with Gasteiger partial charge in [-0.25, -0.2) is 4.79 Å². The van der Waals surface area contributed by atoms with Gasteiger partial charge in [-0.2, -0.15) is 0 Å². The maximum Gasteiger partial charge on any atom is 0.319 e. The Hall–Kier alpha value is -1.27. The minimum Gasteiger partial charge on any atom is -0.481 e. The number of halogens is 2. The van der Waals surface area contributed by atoms with Crippen molar-refractivity contribution in [1.29, 1.82) is 0 Å². The highest BCUT2D eigenvalue weighted by atomic mass is 79.9. The number of aliphatic carboxylic acids is 1. The van der Waals surface area contributed by atoms with Crippen LogP contribution in [0.15, 0.2) is 22.7 Å². The zero-order chi connectivity index (χ0) is 12.8. The molecule has 17 heavy (non-hydrogen) atoms. The highest BCUT2D eigenvalue weighted by Crippen LogP contribution is 2.25. The van der Waals surface area contributed by atoms with E-state index in [-0.39, 0.29) is 13.0 Å². The van der Waals surface area contributed by atoms with Crippen molar-refractivity contribution in [2.24, 2.45) is 0 Å². The summed E-state index contributed by atoms with van der Waals surface area (Å²) in [6.45, 7) is 0.0688. The first-order chi connectivity index (χ1) is 7.99. The molecule has 1 aromatic rings. The molecule has 0 saturated carbocycles. The van der Waals surface area contributed by atoms with Gasteiger partial charge in [-0.1, -0.05) is 11.6 Å². The zero-order valence-corrected chi connectivity index (χ0v) is 11.0. The highest BCUT2D eigenvalue weighted by molar-refractivity contribution is 9.10. The third-order valence-electron chi connectivity index (χ3n) is 1.80. The average Bonchev–Trinajstić information content (AvgIpc) is 2.23. The van der Waals surface area contributed by atoms with Crippen molar-refractivity contribution < 1.29 is 14.7 Å². The molecule has 0 radical (unpaired) electrons. The topological polar surface area (TPSA) is 78.4 Å². The highest BCUT2D eigenvalue weighted by Gasteiger charge is 2.06. The van der Waals surface area contributed by atoms with Crippen molar-refractivity contribution in [3.8, 4) is 0 Å². The van der Waals surface area contributed by atoms with Gasteiger partial charge in [-0.15, -0.1) is 0 Å². The first-order valence-electron chi connectivity index (χ1n) is 4.70. The number of benzene rings is 1. The number of carbonyl (C=O) groups excluding carboxylic acids is 1. The Kier molecular flexibility index (Phi) is 5.24. The van der Waals surface area contributed by atoms with Crippen LogP contribution in [0.5, 0.6) is 0 Å². The van der Waals surface area contributed by atoms with Crippen LogP contribution in [-0.2, 0) is 4.79 Å². The quantitative estimate of drug-likeness (QED) is 0.798. The minimum atomic E-state index is -0.964. The van der Waals surface area contributed by atoms with E-state index in [4.69, 9.17) is 16.7 Å². The maximum absolute atomic E-state index is 11.4. The summed E-state index contributed by atoms with van der Waals surface area (Å²) in [5.41, 5.74) is 0.519. The fourth-order valence-electron chi connectivity index (χ4n) is 1.04. The van der Waals surface area contributed by atoms with Gasteiger partial charge >= 0.3 is 12.0 Å². The predicted molar refractivity (Wildman–Crippen MR) is 68.4 cm³/mol. The van der Waals surface area contributed by atoms with Crippen LogP contribution in [0.4, 0.5) is 10.5 Å². The molecule has 0 aliphatic heterocycles. The van der Waals surface area contributed by atoms with E-state index in [2.05, 4.69) is 26.6 Å². The number of urea groups is 1. The molecule has 5 nitrogen and oxygen atoms in total. The average molecular weight is 322 g/mol. The lowest BCUT2D eigenvalue weighted by Crippen LogP contribution is -2.30. The van der Waals surface area contributed by atoms with E-state index >= 15 is 0 Å². The second-order valence-corrected chi connectivity index (χ2v) is 4.44. The normalized spacial score (nSPS) is 9.76. The summed E-state index contributed by atoms with van der Waals surface area (Å²) in [5.74, 6) is -0.964. The van der Waals surface area contributed by atoms with Gasteiger partial charge in [0.05, 0.1) is 12.1 Å². The van der Waals surface area contributed by atoms with E-state index in [1.807, 2.05) is 0 Å². The molecule has 0 aliphatic carbocycles. The summed E-state index contributed by atoms with van der Waals surface area (Å²) < 4.78 is 0.690. The number of hydrogen-bond donors (Lipinski definition) is 3. The number of anilines is 1. The van der Waals surface area contributed by atoms with Gasteiger partial charge < -0.3 is 15.7 Å². The van der Waals surface area contributed by atoms with E-state index in [1.165, 1.54) is 0 Å². The largest absolute Gasteiger partial charge is 0.481 e. The third kappa shape index (κ3) is 5.06. The molecule has 0 aromatic heterocycles. The summed E-state index contributed by atoms with van der Waals surface area (Å²) >= 11 is 9.03. The monoisotopic (exact) mass is 320 g/mol. The van der Waals surface area contributed by atoms with Crippen LogP contribution >= 0.6 is 27.5 Å². The lowest BCUT2D eigenvalue weighted by Gasteiger charge is -2.08. The standard InChI is InChI=1S/C10H10BrClN2O3/c11-7-2-1-6(12)5-8(7)14-10(17)13-4-3-9(15)16/h1-2,5H,3-4H2,(H,15,16)(H2,13,14,17). The zero-order valence-electron chi connectivity index (χ0n) is 8.67. The molecule has 2 amide bonds. The van der Waals surface area contributed by atoms with E-state index in [0.717, 1.165) is 0 Å². The molecular weight excluding hydrogens is 311 g/mol. The lowest BCUT2D eigenvalue weighted by molar-refractivity contribution is -0.136. The number of nitrogens with one attached hydrogen (secondary N) is 2. The van der Waals surface area contributed by atoms with E-state index in [9.17, 15) is 9.59 Å². The fourth-order valence-corrected chi connectivity index (χ4v) is 1.56. The lowest BCUT2D eigenvalue weighted by atomic mass is 10.3. The maximum atomic E-state index is 11.4. The Balaban J connectivity index is 2.50. The number of rotatable bonds is 4. The summed E-state index contributed by atoms with van der Waals surface area (Å²) in [7, 11) is 0. The van der Waals surface area contributed by atoms with E-state index in [0.29, 0.717) is 15.2 Å². The van der Waals surface area contributed by atoms with Crippen molar-refractivity contribution in [3.63, 3.8) is 0 Å². The Bertz CT molecular complexity index is 440. The molecule has 7 heteroatoms. The van der Waals surface area contributed by atoms with Crippen molar-refractivity contribution >= 4 is 45.2 Å². The second-order valence-electron chi connectivity index (χ2n) is 3.15. The molecule has 0 heterocycles. The van der Waals surface area contributed by atoms with Crippen LogP contribution in [0.3, 0.4) is 0 Å². The molecule has 1 aromatic carbocycles. The molecular formula is C10H10BrClN2O3. The Morgan fingerprint density at radius 2 is 2.12 bits per heavy atom. The van der Waals surface area contributed by atoms with Crippen LogP contribution < -0.4 is 10.6 Å². The van der Waals surface area contributed by atoms with Crippen molar-refractivity contribution in [1.82, 2.24) is 5.32 Å². The molecule has 0 bridgehead atoms. The SMILES string of the molecule is O=C(O)CCNC(=O)Nc1cc(Cl)ccc1Br. The second kappa shape index (κ2) is 6.46. The molecule has 1 rings (SSSR count). The summed E-state index contributed by atoms with van der Waals surface area (Å²) in [4.78, 5) is 21.6. The van der Waals surface area contributed by atoms with Crippen LogP contribution in [0.2, 0.25) is 5.02 Å². The summed E-state index contributed by atoms with van der Waals surface area (Å²) in [6.07, 6.45) is -0.121. The van der Waals surface area contributed by atoms with Gasteiger partial charge in [0, 0.05) is 16.0 Å². The fraction of sp³-hybridized carbons (Fsp3) is 0.200. The van der Waals surface area contributed by atoms with Crippen LogP contribution in [-0.4, -0.2) is 23.7 Å². The first-order valence-corrected chi connectivity index (χ1v) is 5.88. The number of carbonyl (C=O) groups is 2. The van der Waals surface area contributed by atoms with Gasteiger partial charge in [-0.05, 0) is 34.1 Å². The molecule has 0 spiro atoms. The predicted octanol–water partition coefficient (Wildman–Crippen LogP) is 2.70. The minimum absolute atomic E-state index is 0.0688. The number of amides is 2. The number of carboxylic acid groups (broad SMARTS) is 1. The Labute approximate surface area is 111 Å². The molecule has 0 unspecified atom stereocenters. The van der Waals surface area contributed by atoms with E-state index < -0.39 is 12.0 Å². The molecule has 3 N–H and O–H groups in total. The van der Waals surface area contributed by atoms with Crippen LogP contribution in [0, 0.1) is 0 Å². The first kappa shape index (κ1) is 13.8. The molecule has 0 saturated heterocycles. The van der Waals surface area contributed by atoms with Crippen LogP contribution in [0.1, 0.15) is 6.42 Å². The number of hydrogen-bond acceptors (Lipinski definition) is 2. The summed E-state index contributed by atoms with van der Waals surface area (Å²) in [5, 5.41) is 13.9.